The second kappa shape index (κ2) is 6.81. The van der Waals surface area contributed by atoms with Gasteiger partial charge in [0.1, 0.15) is 23.7 Å². The lowest BCUT2D eigenvalue weighted by atomic mass is 9.88. The van der Waals surface area contributed by atoms with Crippen molar-refractivity contribution in [2.75, 3.05) is 12.4 Å². The van der Waals surface area contributed by atoms with Crippen molar-refractivity contribution in [1.82, 2.24) is 0 Å². The molecule has 1 aromatic carbocycles. The molecule has 0 aromatic heterocycles. The number of carbonyl (C=O) groups is 1. The highest BCUT2D eigenvalue weighted by Crippen LogP contribution is 2.25. The molecule has 0 aliphatic carbocycles. The van der Waals surface area contributed by atoms with E-state index in [1.807, 2.05) is 0 Å². The van der Waals surface area contributed by atoms with Crippen molar-refractivity contribution in [2.45, 2.75) is 12.6 Å². The Labute approximate surface area is 119 Å². The van der Waals surface area contributed by atoms with Gasteiger partial charge in [-0.15, -0.1) is 0 Å². The number of ether oxygens (including phenoxy) is 1. The van der Waals surface area contributed by atoms with E-state index >= 15 is 0 Å². The highest BCUT2D eigenvalue weighted by Gasteiger charge is 2.17. The number of hydrogen-bond acceptors (Lipinski definition) is 5. The van der Waals surface area contributed by atoms with Gasteiger partial charge in [0, 0.05) is 0 Å². The Balaban J connectivity index is 2.92. The van der Waals surface area contributed by atoms with Gasteiger partial charge in [-0.05, 0) is 11.6 Å². The van der Waals surface area contributed by atoms with Gasteiger partial charge >= 0.3 is 5.97 Å². The molecule has 0 bridgehead atoms. The SMILES string of the molecule is [B]Cc1cc(C[B])c(O)c(C(=O)OCCS(=O)(=O)O)c1. The molecule has 1 rings (SSSR count). The van der Waals surface area contributed by atoms with E-state index in [1.165, 1.54) is 6.07 Å². The zero-order valence-electron chi connectivity index (χ0n) is 10.6. The Bertz CT molecular complexity index is 599. The number of aromatic hydroxyl groups is 1. The predicted molar refractivity (Wildman–Crippen MR) is 73.7 cm³/mol. The van der Waals surface area contributed by atoms with Crippen molar-refractivity contribution < 1.29 is 27.6 Å². The van der Waals surface area contributed by atoms with Crippen LogP contribution in [0.4, 0.5) is 0 Å². The van der Waals surface area contributed by atoms with Crippen molar-refractivity contribution >= 4 is 31.8 Å². The van der Waals surface area contributed by atoms with Gasteiger partial charge in [-0.1, -0.05) is 24.3 Å². The quantitative estimate of drug-likeness (QED) is 0.427. The zero-order valence-corrected chi connectivity index (χ0v) is 11.4. The van der Waals surface area contributed by atoms with Crippen LogP contribution in [0.25, 0.3) is 0 Å². The Morgan fingerprint density at radius 3 is 2.40 bits per heavy atom. The third-order valence-corrected chi connectivity index (χ3v) is 3.18. The van der Waals surface area contributed by atoms with Crippen molar-refractivity contribution in [3.63, 3.8) is 0 Å². The van der Waals surface area contributed by atoms with E-state index in [-0.39, 0.29) is 24.0 Å². The van der Waals surface area contributed by atoms with Crippen LogP contribution in [0.3, 0.4) is 0 Å². The first-order valence-corrected chi connectivity index (χ1v) is 7.26. The topological polar surface area (TPSA) is 101 Å². The summed E-state index contributed by atoms with van der Waals surface area (Å²) in [7, 11) is 6.68. The van der Waals surface area contributed by atoms with Crippen molar-refractivity contribution in [2.24, 2.45) is 0 Å². The molecule has 20 heavy (non-hydrogen) atoms. The van der Waals surface area contributed by atoms with Crippen molar-refractivity contribution in [3.8, 4) is 5.75 Å². The first kappa shape index (κ1) is 16.6. The lowest BCUT2D eigenvalue weighted by Crippen LogP contribution is -2.15. The third kappa shape index (κ3) is 4.57. The van der Waals surface area contributed by atoms with Crippen LogP contribution in [-0.2, 0) is 27.5 Å². The summed E-state index contributed by atoms with van der Waals surface area (Å²) in [6, 6.07) is 2.90. The van der Waals surface area contributed by atoms with Gasteiger partial charge in [0.05, 0.1) is 15.7 Å². The Morgan fingerprint density at radius 2 is 1.90 bits per heavy atom. The monoisotopic (exact) mass is 294 g/mol. The van der Waals surface area contributed by atoms with E-state index in [4.69, 9.17) is 20.2 Å². The number of benzene rings is 1. The summed E-state index contributed by atoms with van der Waals surface area (Å²) < 4.78 is 34.2. The van der Waals surface area contributed by atoms with Crippen LogP contribution in [0.2, 0.25) is 0 Å². The molecule has 1 aromatic rings. The minimum atomic E-state index is -4.22. The van der Waals surface area contributed by atoms with E-state index in [9.17, 15) is 18.3 Å². The number of esters is 1. The summed E-state index contributed by atoms with van der Waals surface area (Å²) in [5.74, 6) is -1.97. The standard InChI is InChI=1S/C11H12B2O6S/c12-5-7-3-8(6-13)10(14)9(4-7)11(15)19-1-2-20(16,17)18/h3-4,14H,1-2,5-6H2,(H,16,17,18). The normalized spacial score (nSPS) is 11.2. The van der Waals surface area contributed by atoms with Crippen molar-refractivity contribution in [1.29, 1.82) is 0 Å². The van der Waals surface area contributed by atoms with Gasteiger partial charge in [0.2, 0.25) is 0 Å². The van der Waals surface area contributed by atoms with Gasteiger partial charge in [-0.2, -0.15) is 8.42 Å². The summed E-state index contributed by atoms with van der Waals surface area (Å²) in [6.45, 7) is -0.526. The van der Waals surface area contributed by atoms with E-state index in [2.05, 4.69) is 4.74 Å². The minimum absolute atomic E-state index is 0.00493. The van der Waals surface area contributed by atoms with Gasteiger partial charge in [-0.25, -0.2) is 4.79 Å². The summed E-state index contributed by atoms with van der Waals surface area (Å²) in [6.07, 6.45) is 0.142. The average molecular weight is 294 g/mol. The molecule has 9 heteroatoms. The number of phenols is 1. The molecule has 4 radical (unpaired) electrons. The molecule has 0 fully saturated rings. The molecular formula is C11H12B2O6S. The molecule has 0 atom stereocenters. The summed E-state index contributed by atoms with van der Waals surface area (Å²) in [5.41, 5.74) is 0.753. The van der Waals surface area contributed by atoms with Crippen LogP contribution in [-0.4, -0.2) is 52.1 Å². The summed E-state index contributed by atoms with van der Waals surface area (Å²) >= 11 is 0. The van der Waals surface area contributed by atoms with Crippen molar-refractivity contribution in [3.05, 3.63) is 28.8 Å². The molecule has 0 aliphatic rings. The lowest BCUT2D eigenvalue weighted by molar-refractivity contribution is 0.0524. The maximum atomic E-state index is 11.7. The maximum Gasteiger partial charge on any atom is 0.341 e. The molecule has 2 N–H and O–H groups in total. The van der Waals surface area contributed by atoms with Crippen LogP contribution in [0.5, 0.6) is 5.75 Å². The van der Waals surface area contributed by atoms with E-state index in [1.54, 1.807) is 6.07 Å². The zero-order chi connectivity index (χ0) is 15.3. The maximum absolute atomic E-state index is 11.7. The molecule has 0 saturated heterocycles. The molecule has 0 unspecified atom stereocenters. The molecule has 0 aliphatic heterocycles. The van der Waals surface area contributed by atoms with Crippen LogP contribution < -0.4 is 0 Å². The number of phenolic OH excluding ortho intramolecular Hbond substituents is 1. The Kier molecular flexibility index (Phi) is 5.64. The van der Waals surface area contributed by atoms with Gasteiger partial charge in [0.25, 0.3) is 10.1 Å². The molecule has 6 nitrogen and oxygen atoms in total. The average Bonchev–Trinajstić information content (AvgIpc) is 2.37. The minimum Gasteiger partial charge on any atom is -0.507 e. The molecule has 0 saturated carbocycles. The van der Waals surface area contributed by atoms with E-state index in [0.717, 1.165) is 0 Å². The van der Waals surface area contributed by atoms with Crippen LogP contribution in [0.15, 0.2) is 12.1 Å². The van der Waals surface area contributed by atoms with Gasteiger partial charge in [0.15, 0.2) is 0 Å². The number of hydrogen-bond donors (Lipinski definition) is 2. The fourth-order valence-electron chi connectivity index (χ4n) is 1.51. The molecular weight excluding hydrogens is 282 g/mol. The number of rotatable bonds is 6. The summed E-state index contributed by atoms with van der Waals surface area (Å²) in [4.78, 5) is 11.7. The van der Waals surface area contributed by atoms with Gasteiger partial charge < -0.3 is 9.84 Å². The Hall–Kier alpha value is -1.47. The van der Waals surface area contributed by atoms with E-state index < -0.39 is 28.4 Å². The fraction of sp³-hybridized carbons (Fsp3) is 0.364. The highest BCUT2D eigenvalue weighted by molar-refractivity contribution is 7.85. The van der Waals surface area contributed by atoms with E-state index in [0.29, 0.717) is 11.1 Å². The molecule has 0 spiro atoms. The van der Waals surface area contributed by atoms with Crippen LogP contribution in [0.1, 0.15) is 21.5 Å². The highest BCUT2D eigenvalue weighted by atomic mass is 32.2. The Morgan fingerprint density at radius 1 is 1.25 bits per heavy atom. The first-order valence-electron chi connectivity index (χ1n) is 5.65. The van der Waals surface area contributed by atoms with Crippen LogP contribution in [0, 0.1) is 0 Å². The summed E-state index contributed by atoms with van der Waals surface area (Å²) in [5, 5.41) is 9.85. The second-order valence-electron chi connectivity index (χ2n) is 3.98. The lowest BCUT2D eigenvalue weighted by Gasteiger charge is -2.11. The smallest absolute Gasteiger partial charge is 0.341 e. The second-order valence-corrected chi connectivity index (χ2v) is 5.55. The first-order chi connectivity index (χ1) is 9.28. The van der Waals surface area contributed by atoms with Crippen LogP contribution >= 0.6 is 0 Å². The molecule has 0 amide bonds. The largest absolute Gasteiger partial charge is 0.507 e. The third-order valence-electron chi connectivity index (χ3n) is 2.50. The van der Waals surface area contributed by atoms with Gasteiger partial charge in [-0.3, -0.25) is 4.55 Å². The molecule has 104 valence electrons. The molecule has 0 heterocycles. The predicted octanol–water partition coefficient (Wildman–Crippen LogP) is -0.226. The fourth-order valence-corrected chi connectivity index (χ4v) is 1.80. The number of carbonyl (C=O) groups excluding carboxylic acids is 1.